The van der Waals surface area contributed by atoms with Crippen LogP contribution in [0.3, 0.4) is 0 Å². The SMILES string of the molecule is CCc1cc(=O)oc2cc(C)cc(OC(C)C(=O)NCc3cnoc3)c12. The van der Waals surface area contributed by atoms with Gasteiger partial charge in [-0.15, -0.1) is 0 Å². The van der Waals surface area contributed by atoms with Crippen molar-refractivity contribution in [2.45, 2.75) is 39.8 Å². The molecule has 0 aliphatic carbocycles. The van der Waals surface area contributed by atoms with E-state index in [-0.39, 0.29) is 5.91 Å². The number of benzene rings is 1. The fraction of sp³-hybridized carbons (Fsp3) is 0.316. The molecule has 3 rings (SSSR count). The molecule has 3 aromatic rings. The molecule has 0 aliphatic heterocycles. The van der Waals surface area contributed by atoms with Gasteiger partial charge in [0.15, 0.2) is 6.10 Å². The van der Waals surface area contributed by atoms with E-state index in [0.717, 1.165) is 22.1 Å². The Morgan fingerprint density at radius 1 is 1.35 bits per heavy atom. The van der Waals surface area contributed by atoms with E-state index in [1.165, 1.54) is 18.5 Å². The average Bonchev–Trinajstić information content (AvgIpc) is 3.11. The van der Waals surface area contributed by atoms with Crippen LogP contribution in [0, 0.1) is 6.92 Å². The maximum Gasteiger partial charge on any atom is 0.336 e. The van der Waals surface area contributed by atoms with Crippen molar-refractivity contribution >= 4 is 16.9 Å². The monoisotopic (exact) mass is 356 g/mol. The highest BCUT2D eigenvalue weighted by atomic mass is 16.5. The summed E-state index contributed by atoms with van der Waals surface area (Å²) in [7, 11) is 0. The maximum atomic E-state index is 12.3. The molecule has 2 heterocycles. The van der Waals surface area contributed by atoms with Crippen molar-refractivity contribution in [3.63, 3.8) is 0 Å². The van der Waals surface area contributed by atoms with E-state index in [1.807, 2.05) is 19.9 Å². The number of aryl methyl sites for hydroxylation is 2. The van der Waals surface area contributed by atoms with Crippen molar-refractivity contribution in [3.8, 4) is 5.75 Å². The molecular weight excluding hydrogens is 336 g/mol. The van der Waals surface area contributed by atoms with E-state index in [0.29, 0.717) is 24.3 Å². The standard InChI is InChI=1S/C19H20N2O5/c1-4-14-7-17(22)26-16-6-11(2)5-15(18(14)16)25-12(3)19(23)20-8-13-9-21-24-10-13/h5-7,9-10,12H,4,8H2,1-3H3,(H,20,23). The molecule has 2 aromatic heterocycles. The smallest absolute Gasteiger partial charge is 0.336 e. The quantitative estimate of drug-likeness (QED) is 0.683. The van der Waals surface area contributed by atoms with Crippen LogP contribution in [0.2, 0.25) is 0 Å². The van der Waals surface area contributed by atoms with Crippen LogP contribution in [0.5, 0.6) is 5.75 Å². The highest BCUT2D eigenvalue weighted by Gasteiger charge is 2.18. The van der Waals surface area contributed by atoms with Crippen LogP contribution in [-0.4, -0.2) is 17.2 Å². The Hall–Kier alpha value is -3.09. The van der Waals surface area contributed by atoms with Crippen LogP contribution in [-0.2, 0) is 17.8 Å². The predicted octanol–water partition coefficient (Wildman–Crippen LogP) is 2.74. The van der Waals surface area contributed by atoms with Gasteiger partial charge < -0.3 is 19.0 Å². The maximum absolute atomic E-state index is 12.3. The van der Waals surface area contributed by atoms with Gasteiger partial charge in [-0.3, -0.25) is 4.79 Å². The molecule has 0 aliphatic rings. The average molecular weight is 356 g/mol. The Bertz CT molecular complexity index is 976. The van der Waals surface area contributed by atoms with Crippen LogP contribution in [0.1, 0.15) is 30.5 Å². The zero-order valence-corrected chi connectivity index (χ0v) is 14.9. The van der Waals surface area contributed by atoms with Gasteiger partial charge in [0, 0.05) is 18.2 Å². The van der Waals surface area contributed by atoms with Gasteiger partial charge in [-0.1, -0.05) is 12.1 Å². The Labute approximate surface area is 149 Å². The van der Waals surface area contributed by atoms with Crippen LogP contribution in [0.4, 0.5) is 0 Å². The number of amides is 1. The fourth-order valence-electron chi connectivity index (χ4n) is 2.73. The molecule has 0 fully saturated rings. The summed E-state index contributed by atoms with van der Waals surface area (Å²) in [5.74, 6) is 0.254. The third-order valence-electron chi connectivity index (χ3n) is 4.04. The van der Waals surface area contributed by atoms with Gasteiger partial charge in [0.1, 0.15) is 17.6 Å². The van der Waals surface area contributed by atoms with Gasteiger partial charge >= 0.3 is 5.63 Å². The molecule has 1 aromatic carbocycles. The van der Waals surface area contributed by atoms with E-state index in [4.69, 9.17) is 13.7 Å². The number of ether oxygens (including phenoxy) is 1. The van der Waals surface area contributed by atoms with Crippen molar-refractivity contribution in [3.05, 3.63) is 57.8 Å². The molecule has 1 N–H and O–H groups in total. The molecule has 1 unspecified atom stereocenters. The second-order valence-corrected chi connectivity index (χ2v) is 6.09. The zero-order chi connectivity index (χ0) is 18.7. The Balaban J connectivity index is 1.85. The molecule has 26 heavy (non-hydrogen) atoms. The second kappa shape index (κ2) is 7.43. The highest BCUT2D eigenvalue weighted by Crippen LogP contribution is 2.31. The third kappa shape index (κ3) is 3.77. The van der Waals surface area contributed by atoms with Crippen molar-refractivity contribution in [1.82, 2.24) is 10.5 Å². The second-order valence-electron chi connectivity index (χ2n) is 6.09. The summed E-state index contributed by atoms with van der Waals surface area (Å²) in [4.78, 5) is 24.0. The first-order valence-electron chi connectivity index (χ1n) is 8.38. The number of rotatable bonds is 6. The minimum atomic E-state index is -0.725. The van der Waals surface area contributed by atoms with Crippen molar-refractivity contribution in [2.24, 2.45) is 0 Å². The van der Waals surface area contributed by atoms with E-state index in [1.54, 1.807) is 13.0 Å². The summed E-state index contributed by atoms with van der Waals surface area (Å²) in [6.07, 6.45) is 2.93. The lowest BCUT2D eigenvalue weighted by atomic mass is 10.0. The normalized spacial score (nSPS) is 12.1. The summed E-state index contributed by atoms with van der Waals surface area (Å²) < 4.78 is 16.0. The summed E-state index contributed by atoms with van der Waals surface area (Å²) in [5.41, 5.74) is 2.53. The predicted molar refractivity (Wildman–Crippen MR) is 95.0 cm³/mol. The first-order chi connectivity index (χ1) is 12.5. The molecular formula is C19H20N2O5. The molecule has 0 saturated heterocycles. The summed E-state index contributed by atoms with van der Waals surface area (Å²) in [5, 5.41) is 7.08. The molecule has 0 spiro atoms. The number of carbonyl (C=O) groups excluding carboxylic acids is 1. The number of hydrogen-bond donors (Lipinski definition) is 1. The minimum Gasteiger partial charge on any atom is -0.480 e. The molecule has 7 heteroatoms. The lowest BCUT2D eigenvalue weighted by Crippen LogP contribution is -2.35. The van der Waals surface area contributed by atoms with E-state index >= 15 is 0 Å². The van der Waals surface area contributed by atoms with Crippen molar-refractivity contribution < 1.29 is 18.5 Å². The van der Waals surface area contributed by atoms with Crippen molar-refractivity contribution in [1.29, 1.82) is 0 Å². The van der Waals surface area contributed by atoms with Crippen LogP contribution < -0.4 is 15.7 Å². The molecule has 0 radical (unpaired) electrons. The molecule has 1 amide bonds. The summed E-state index contributed by atoms with van der Waals surface area (Å²) in [6.45, 7) is 5.80. The molecule has 0 bridgehead atoms. The first kappa shape index (κ1) is 17.7. The van der Waals surface area contributed by atoms with Gasteiger partial charge in [0.25, 0.3) is 5.91 Å². The molecule has 136 valence electrons. The lowest BCUT2D eigenvalue weighted by Gasteiger charge is -2.17. The van der Waals surface area contributed by atoms with Crippen LogP contribution in [0.25, 0.3) is 11.0 Å². The number of fused-ring (bicyclic) bond motifs is 1. The lowest BCUT2D eigenvalue weighted by molar-refractivity contribution is -0.127. The van der Waals surface area contributed by atoms with E-state index in [9.17, 15) is 9.59 Å². The van der Waals surface area contributed by atoms with E-state index < -0.39 is 11.7 Å². The summed E-state index contributed by atoms with van der Waals surface area (Å²) in [6, 6.07) is 5.09. The number of hydrogen-bond acceptors (Lipinski definition) is 6. The van der Waals surface area contributed by atoms with E-state index in [2.05, 4.69) is 10.5 Å². The van der Waals surface area contributed by atoms with Crippen LogP contribution in [0.15, 0.2) is 44.4 Å². The first-order valence-corrected chi connectivity index (χ1v) is 8.38. The van der Waals surface area contributed by atoms with Gasteiger partial charge in [-0.2, -0.15) is 0 Å². The molecule has 1 atom stereocenters. The fourth-order valence-corrected chi connectivity index (χ4v) is 2.73. The molecule has 0 saturated carbocycles. The Morgan fingerprint density at radius 2 is 2.15 bits per heavy atom. The van der Waals surface area contributed by atoms with Crippen LogP contribution >= 0.6 is 0 Å². The van der Waals surface area contributed by atoms with Gasteiger partial charge in [0.05, 0.1) is 11.6 Å². The van der Waals surface area contributed by atoms with Gasteiger partial charge in [-0.05, 0) is 43.5 Å². The van der Waals surface area contributed by atoms with Gasteiger partial charge in [-0.25, -0.2) is 4.79 Å². The minimum absolute atomic E-state index is 0.267. The largest absolute Gasteiger partial charge is 0.480 e. The number of nitrogens with one attached hydrogen (secondary N) is 1. The number of nitrogens with zero attached hydrogens (tertiary/aromatic N) is 1. The highest BCUT2D eigenvalue weighted by molar-refractivity contribution is 5.88. The summed E-state index contributed by atoms with van der Waals surface area (Å²) >= 11 is 0. The van der Waals surface area contributed by atoms with Crippen molar-refractivity contribution in [2.75, 3.05) is 0 Å². The third-order valence-corrected chi connectivity index (χ3v) is 4.04. The molecule has 7 nitrogen and oxygen atoms in total. The number of carbonyl (C=O) groups is 1. The number of aromatic nitrogens is 1. The van der Waals surface area contributed by atoms with Gasteiger partial charge in [0.2, 0.25) is 0 Å². The Kier molecular flexibility index (Phi) is 5.06. The topological polar surface area (TPSA) is 94.6 Å². The Morgan fingerprint density at radius 3 is 2.85 bits per heavy atom. The zero-order valence-electron chi connectivity index (χ0n) is 14.9.